The molecular formula is C19H21ClFN3O2. The first kappa shape index (κ1) is 19.9. The van der Waals surface area contributed by atoms with Crippen LogP contribution in [-0.4, -0.2) is 24.4 Å². The summed E-state index contributed by atoms with van der Waals surface area (Å²) in [6, 6.07) is 11.9. The number of carbonyl (C=O) groups excluding carboxylic acids is 2. The van der Waals surface area contributed by atoms with E-state index in [0.29, 0.717) is 18.5 Å². The van der Waals surface area contributed by atoms with Gasteiger partial charge in [0.2, 0.25) is 11.8 Å². The van der Waals surface area contributed by atoms with Gasteiger partial charge in [0.05, 0.1) is 5.69 Å². The lowest BCUT2D eigenvalue weighted by atomic mass is 10.0. The molecule has 0 aliphatic carbocycles. The number of rotatable bonds is 4. The zero-order chi connectivity index (χ0) is 18.0. The van der Waals surface area contributed by atoms with E-state index in [2.05, 4.69) is 5.32 Å². The number of nitrogens with zero attached hydrogens (tertiary/aromatic N) is 1. The molecule has 1 aliphatic heterocycles. The number of nitrogens with one attached hydrogen (secondary N) is 1. The van der Waals surface area contributed by atoms with Gasteiger partial charge in [-0.15, -0.1) is 12.4 Å². The molecule has 0 saturated carbocycles. The molecule has 26 heavy (non-hydrogen) atoms. The van der Waals surface area contributed by atoms with Crippen molar-refractivity contribution in [2.75, 3.05) is 11.4 Å². The highest BCUT2D eigenvalue weighted by Crippen LogP contribution is 2.24. The Morgan fingerprint density at radius 1 is 1.23 bits per heavy atom. The summed E-state index contributed by atoms with van der Waals surface area (Å²) in [5, 5.41) is 2.68. The number of hydrogen-bond acceptors (Lipinski definition) is 3. The van der Waals surface area contributed by atoms with Crippen LogP contribution in [0.25, 0.3) is 0 Å². The molecular weight excluding hydrogens is 357 g/mol. The number of halogens is 2. The quantitative estimate of drug-likeness (QED) is 0.859. The summed E-state index contributed by atoms with van der Waals surface area (Å²) in [5.74, 6) is -1.20. The van der Waals surface area contributed by atoms with E-state index < -0.39 is 23.8 Å². The number of benzene rings is 2. The molecule has 1 heterocycles. The summed E-state index contributed by atoms with van der Waals surface area (Å²) < 4.78 is 13.9. The van der Waals surface area contributed by atoms with Crippen LogP contribution in [0.2, 0.25) is 0 Å². The van der Waals surface area contributed by atoms with E-state index in [1.165, 1.54) is 11.0 Å². The van der Waals surface area contributed by atoms with Crippen LogP contribution in [0.15, 0.2) is 48.5 Å². The summed E-state index contributed by atoms with van der Waals surface area (Å²) in [6.07, 6.45) is 0.416. The third kappa shape index (κ3) is 4.03. The number of amides is 2. The molecule has 7 heteroatoms. The molecule has 138 valence electrons. The van der Waals surface area contributed by atoms with Gasteiger partial charge < -0.3 is 16.0 Å². The van der Waals surface area contributed by atoms with E-state index in [1.54, 1.807) is 30.3 Å². The molecule has 2 aromatic carbocycles. The van der Waals surface area contributed by atoms with E-state index in [0.717, 1.165) is 5.56 Å². The van der Waals surface area contributed by atoms with Gasteiger partial charge in [0.1, 0.15) is 17.9 Å². The van der Waals surface area contributed by atoms with Crippen LogP contribution < -0.4 is 16.0 Å². The SMILES string of the molecule is Cc1ccc(C(N)C(=O)NC2CCN(c3ccccc3F)C2=O)cc1.Cl. The second kappa shape index (κ2) is 8.29. The Hall–Kier alpha value is -2.44. The van der Waals surface area contributed by atoms with Crippen molar-refractivity contribution in [3.8, 4) is 0 Å². The Labute approximate surface area is 157 Å². The van der Waals surface area contributed by atoms with Crippen LogP contribution in [-0.2, 0) is 9.59 Å². The van der Waals surface area contributed by atoms with E-state index >= 15 is 0 Å². The van der Waals surface area contributed by atoms with Crippen LogP contribution in [0.3, 0.4) is 0 Å². The van der Waals surface area contributed by atoms with Crippen molar-refractivity contribution in [1.82, 2.24) is 5.32 Å². The predicted molar refractivity (Wildman–Crippen MR) is 101 cm³/mol. The lowest BCUT2D eigenvalue weighted by Gasteiger charge is -2.19. The maximum Gasteiger partial charge on any atom is 0.249 e. The Bertz CT molecular complexity index is 798. The standard InChI is InChI=1S/C19H20FN3O2.ClH/c1-12-6-8-13(9-7-12)17(21)18(24)22-15-10-11-23(19(15)25)16-5-3-2-4-14(16)20;/h2-9,15,17H,10-11,21H2,1H3,(H,22,24);1H. The van der Waals surface area contributed by atoms with Crippen LogP contribution in [0, 0.1) is 12.7 Å². The van der Waals surface area contributed by atoms with Crippen molar-refractivity contribution in [2.24, 2.45) is 5.73 Å². The first-order valence-electron chi connectivity index (χ1n) is 8.16. The molecule has 2 atom stereocenters. The summed E-state index contributed by atoms with van der Waals surface area (Å²) in [4.78, 5) is 26.2. The van der Waals surface area contributed by atoms with Gasteiger partial charge in [0, 0.05) is 6.54 Å². The average Bonchev–Trinajstić information content (AvgIpc) is 2.96. The van der Waals surface area contributed by atoms with Crippen molar-refractivity contribution >= 4 is 29.9 Å². The molecule has 2 unspecified atom stereocenters. The van der Waals surface area contributed by atoms with E-state index in [-0.39, 0.29) is 24.0 Å². The minimum Gasteiger partial charge on any atom is -0.343 e. The lowest BCUT2D eigenvalue weighted by molar-refractivity contribution is -0.127. The largest absolute Gasteiger partial charge is 0.343 e. The fraction of sp³-hybridized carbons (Fsp3) is 0.263. The fourth-order valence-corrected chi connectivity index (χ4v) is 2.91. The van der Waals surface area contributed by atoms with Crippen LogP contribution >= 0.6 is 12.4 Å². The van der Waals surface area contributed by atoms with Crippen LogP contribution in [0.1, 0.15) is 23.6 Å². The number of para-hydroxylation sites is 1. The maximum absolute atomic E-state index is 13.9. The molecule has 0 bridgehead atoms. The van der Waals surface area contributed by atoms with Crippen molar-refractivity contribution in [1.29, 1.82) is 0 Å². The number of nitrogens with two attached hydrogens (primary N) is 1. The normalized spacial score (nSPS) is 17.6. The first-order valence-corrected chi connectivity index (χ1v) is 8.16. The number of hydrogen-bond donors (Lipinski definition) is 2. The molecule has 0 radical (unpaired) electrons. The van der Waals surface area contributed by atoms with Crippen molar-refractivity contribution < 1.29 is 14.0 Å². The zero-order valence-corrected chi connectivity index (χ0v) is 15.1. The number of aryl methyl sites for hydroxylation is 1. The Morgan fingerprint density at radius 2 is 1.88 bits per heavy atom. The zero-order valence-electron chi connectivity index (χ0n) is 14.3. The van der Waals surface area contributed by atoms with E-state index in [1.807, 2.05) is 19.1 Å². The Balaban J connectivity index is 0.00000243. The smallest absolute Gasteiger partial charge is 0.249 e. The van der Waals surface area contributed by atoms with Gasteiger partial charge in [-0.05, 0) is 31.0 Å². The molecule has 1 saturated heterocycles. The third-order valence-corrected chi connectivity index (χ3v) is 4.38. The van der Waals surface area contributed by atoms with E-state index in [4.69, 9.17) is 5.73 Å². The van der Waals surface area contributed by atoms with Crippen molar-refractivity contribution in [2.45, 2.75) is 25.4 Å². The maximum atomic E-state index is 13.9. The molecule has 2 amide bonds. The Kier molecular flexibility index (Phi) is 6.34. The Morgan fingerprint density at radius 3 is 2.54 bits per heavy atom. The van der Waals surface area contributed by atoms with Gasteiger partial charge in [0.25, 0.3) is 0 Å². The fourth-order valence-electron chi connectivity index (χ4n) is 2.91. The summed E-state index contributed by atoms with van der Waals surface area (Å²) in [6.45, 7) is 2.30. The molecule has 5 nitrogen and oxygen atoms in total. The summed E-state index contributed by atoms with van der Waals surface area (Å²) in [5.41, 5.74) is 7.97. The molecule has 1 fully saturated rings. The van der Waals surface area contributed by atoms with Gasteiger partial charge >= 0.3 is 0 Å². The van der Waals surface area contributed by atoms with Gasteiger partial charge in [-0.3, -0.25) is 9.59 Å². The summed E-state index contributed by atoms with van der Waals surface area (Å²) >= 11 is 0. The van der Waals surface area contributed by atoms with Crippen LogP contribution in [0.4, 0.5) is 10.1 Å². The molecule has 0 aromatic heterocycles. The monoisotopic (exact) mass is 377 g/mol. The average molecular weight is 378 g/mol. The minimum absolute atomic E-state index is 0. The highest BCUT2D eigenvalue weighted by atomic mass is 35.5. The topological polar surface area (TPSA) is 75.4 Å². The first-order chi connectivity index (χ1) is 12.0. The molecule has 3 N–H and O–H groups in total. The molecule has 0 spiro atoms. The second-order valence-corrected chi connectivity index (χ2v) is 6.18. The highest BCUT2D eigenvalue weighted by Gasteiger charge is 2.35. The number of carbonyl (C=O) groups is 2. The molecule has 3 rings (SSSR count). The predicted octanol–water partition coefficient (Wildman–Crippen LogP) is 2.48. The second-order valence-electron chi connectivity index (χ2n) is 6.18. The molecule has 2 aromatic rings. The van der Waals surface area contributed by atoms with Crippen molar-refractivity contribution in [3.05, 3.63) is 65.5 Å². The minimum atomic E-state index is -0.851. The van der Waals surface area contributed by atoms with Gasteiger partial charge in [-0.1, -0.05) is 42.0 Å². The highest BCUT2D eigenvalue weighted by molar-refractivity contribution is 6.01. The summed E-state index contributed by atoms with van der Waals surface area (Å²) in [7, 11) is 0. The van der Waals surface area contributed by atoms with Gasteiger partial charge in [0.15, 0.2) is 0 Å². The van der Waals surface area contributed by atoms with Crippen LogP contribution in [0.5, 0.6) is 0 Å². The van der Waals surface area contributed by atoms with E-state index in [9.17, 15) is 14.0 Å². The lowest BCUT2D eigenvalue weighted by Crippen LogP contribution is -2.45. The van der Waals surface area contributed by atoms with Crippen molar-refractivity contribution in [3.63, 3.8) is 0 Å². The van der Waals surface area contributed by atoms with Gasteiger partial charge in [-0.2, -0.15) is 0 Å². The van der Waals surface area contributed by atoms with Gasteiger partial charge in [-0.25, -0.2) is 4.39 Å². The number of anilines is 1. The molecule has 1 aliphatic rings. The third-order valence-electron chi connectivity index (χ3n) is 4.38.